The Morgan fingerprint density at radius 3 is 2.78 bits per heavy atom. The van der Waals surface area contributed by atoms with E-state index in [1.807, 2.05) is 24.3 Å². The van der Waals surface area contributed by atoms with Gasteiger partial charge in [0.2, 0.25) is 11.7 Å². The fraction of sp³-hybridized carbons (Fsp3) is 0.263. The summed E-state index contributed by atoms with van der Waals surface area (Å²) in [6.45, 7) is 1.02. The van der Waals surface area contributed by atoms with E-state index in [4.69, 9.17) is 14.0 Å². The van der Waals surface area contributed by atoms with Gasteiger partial charge in [-0.25, -0.2) is 0 Å². The number of pyridine rings is 1. The number of carbonyl (C=O) groups is 1. The Kier molecular flexibility index (Phi) is 4.69. The van der Waals surface area contributed by atoms with Crippen molar-refractivity contribution < 1.29 is 18.8 Å². The molecule has 8 heteroatoms. The van der Waals surface area contributed by atoms with E-state index in [1.54, 1.807) is 36.5 Å². The largest absolute Gasteiger partial charge is 0.493 e. The average Bonchev–Trinajstić information content (AvgIpc) is 3.16. The van der Waals surface area contributed by atoms with E-state index in [9.17, 15) is 4.79 Å². The predicted molar refractivity (Wildman–Crippen MR) is 95.3 cm³/mol. The van der Waals surface area contributed by atoms with Crippen LogP contribution in [0.4, 0.5) is 0 Å². The van der Waals surface area contributed by atoms with Crippen molar-refractivity contribution in [3.63, 3.8) is 0 Å². The first kappa shape index (κ1) is 17.0. The number of hydrogen-bond donors (Lipinski definition) is 0. The summed E-state index contributed by atoms with van der Waals surface area (Å²) in [5.74, 6) is 2.12. The number of ether oxygens (including phenoxy) is 2. The van der Waals surface area contributed by atoms with Gasteiger partial charge in [0.1, 0.15) is 0 Å². The molecule has 27 heavy (non-hydrogen) atoms. The second-order valence-electron chi connectivity index (χ2n) is 6.13. The Hall–Kier alpha value is -3.42. The maximum absolute atomic E-state index is 12.3. The third kappa shape index (κ3) is 3.59. The predicted octanol–water partition coefficient (Wildman–Crippen LogP) is 2.14. The van der Waals surface area contributed by atoms with Crippen LogP contribution in [0.15, 0.2) is 53.3 Å². The minimum absolute atomic E-state index is 0.0399. The van der Waals surface area contributed by atoms with Gasteiger partial charge in [-0.2, -0.15) is 4.98 Å². The molecule has 0 saturated carbocycles. The number of para-hydroxylation sites is 2. The fourth-order valence-corrected chi connectivity index (χ4v) is 2.82. The van der Waals surface area contributed by atoms with Gasteiger partial charge in [0.05, 0.1) is 13.0 Å². The van der Waals surface area contributed by atoms with E-state index < -0.39 is 0 Å². The Balaban J connectivity index is 1.30. The Bertz CT molecular complexity index is 922. The van der Waals surface area contributed by atoms with Gasteiger partial charge in [0, 0.05) is 31.0 Å². The molecule has 138 valence electrons. The van der Waals surface area contributed by atoms with Gasteiger partial charge < -0.3 is 18.9 Å². The molecular weight excluding hydrogens is 348 g/mol. The lowest BCUT2D eigenvalue weighted by Crippen LogP contribution is -2.50. The van der Waals surface area contributed by atoms with E-state index in [0.29, 0.717) is 36.3 Å². The van der Waals surface area contributed by atoms with Crippen molar-refractivity contribution in [2.45, 2.75) is 5.92 Å². The first-order valence-electron chi connectivity index (χ1n) is 8.52. The maximum Gasteiger partial charge on any atom is 0.260 e. The summed E-state index contributed by atoms with van der Waals surface area (Å²) >= 11 is 0. The zero-order valence-electron chi connectivity index (χ0n) is 14.7. The number of methoxy groups -OCH3 is 1. The minimum Gasteiger partial charge on any atom is -0.493 e. The second kappa shape index (κ2) is 7.45. The van der Waals surface area contributed by atoms with Crippen LogP contribution < -0.4 is 9.47 Å². The molecule has 0 radical (unpaired) electrons. The van der Waals surface area contributed by atoms with Gasteiger partial charge in [0.15, 0.2) is 18.1 Å². The molecule has 4 rings (SSSR count). The van der Waals surface area contributed by atoms with Crippen LogP contribution in [0.25, 0.3) is 11.4 Å². The van der Waals surface area contributed by atoms with Crippen LogP contribution in [0.2, 0.25) is 0 Å². The number of nitrogens with zero attached hydrogens (tertiary/aromatic N) is 4. The van der Waals surface area contributed by atoms with Crippen LogP contribution in [0.5, 0.6) is 11.5 Å². The molecular formula is C19H18N4O4. The summed E-state index contributed by atoms with van der Waals surface area (Å²) in [7, 11) is 1.56. The Morgan fingerprint density at radius 1 is 1.22 bits per heavy atom. The lowest BCUT2D eigenvalue weighted by Gasteiger charge is -2.36. The normalized spacial score (nSPS) is 13.9. The van der Waals surface area contributed by atoms with Crippen LogP contribution in [0.3, 0.4) is 0 Å². The van der Waals surface area contributed by atoms with Crippen LogP contribution in [-0.4, -0.2) is 52.7 Å². The van der Waals surface area contributed by atoms with E-state index >= 15 is 0 Å². The lowest BCUT2D eigenvalue weighted by atomic mass is 10.0. The summed E-state index contributed by atoms with van der Waals surface area (Å²) in [4.78, 5) is 22.4. The van der Waals surface area contributed by atoms with E-state index in [1.165, 1.54) is 0 Å². The van der Waals surface area contributed by atoms with Crippen molar-refractivity contribution in [3.05, 3.63) is 54.7 Å². The van der Waals surface area contributed by atoms with E-state index in [2.05, 4.69) is 15.1 Å². The van der Waals surface area contributed by atoms with Crippen LogP contribution in [0, 0.1) is 0 Å². The molecule has 1 aromatic carbocycles. The molecule has 1 amide bonds. The zero-order valence-corrected chi connectivity index (χ0v) is 14.7. The average molecular weight is 366 g/mol. The highest BCUT2D eigenvalue weighted by Gasteiger charge is 2.35. The molecule has 1 aliphatic heterocycles. The standard InChI is InChI=1S/C19H18N4O4/c1-25-15-6-2-3-7-16(15)26-12-17(24)23-10-14(11-23)19-21-18(22-27-19)13-5-4-8-20-9-13/h2-9,14H,10-12H2,1H3. The molecule has 0 bridgehead atoms. The van der Waals surface area contributed by atoms with Crippen LogP contribution in [0.1, 0.15) is 11.8 Å². The molecule has 0 N–H and O–H groups in total. The molecule has 3 heterocycles. The molecule has 2 aromatic heterocycles. The van der Waals surface area contributed by atoms with Crippen molar-refractivity contribution in [1.82, 2.24) is 20.0 Å². The Morgan fingerprint density at radius 2 is 2.04 bits per heavy atom. The SMILES string of the molecule is COc1ccccc1OCC(=O)N1CC(c2nc(-c3cccnc3)no2)C1. The molecule has 3 aromatic rings. The van der Waals surface area contributed by atoms with Crippen molar-refractivity contribution in [3.8, 4) is 22.9 Å². The third-order valence-corrected chi connectivity index (χ3v) is 4.37. The third-order valence-electron chi connectivity index (χ3n) is 4.37. The lowest BCUT2D eigenvalue weighted by molar-refractivity contribution is -0.138. The molecule has 0 atom stereocenters. The summed E-state index contributed by atoms with van der Waals surface area (Å²) < 4.78 is 16.1. The fourth-order valence-electron chi connectivity index (χ4n) is 2.82. The van der Waals surface area contributed by atoms with E-state index in [0.717, 1.165) is 5.56 Å². The first-order valence-corrected chi connectivity index (χ1v) is 8.52. The molecule has 0 unspecified atom stereocenters. The van der Waals surface area contributed by atoms with Crippen LogP contribution in [-0.2, 0) is 4.79 Å². The molecule has 1 fully saturated rings. The molecule has 1 saturated heterocycles. The first-order chi connectivity index (χ1) is 13.2. The molecule has 1 aliphatic rings. The minimum atomic E-state index is -0.0934. The smallest absolute Gasteiger partial charge is 0.260 e. The van der Waals surface area contributed by atoms with Crippen molar-refractivity contribution in [2.75, 3.05) is 26.8 Å². The van der Waals surface area contributed by atoms with Gasteiger partial charge in [-0.3, -0.25) is 9.78 Å². The van der Waals surface area contributed by atoms with Crippen LogP contribution >= 0.6 is 0 Å². The topological polar surface area (TPSA) is 90.6 Å². The number of rotatable bonds is 6. The molecule has 0 spiro atoms. The number of likely N-dealkylation sites (tertiary alicyclic amines) is 1. The molecule has 8 nitrogen and oxygen atoms in total. The van der Waals surface area contributed by atoms with Gasteiger partial charge in [-0.05, 0) is 24.3 Å². The monoisotopic (exact) mass is 366 g/mol. The van der Waals surface area contributed by atoms with Gasteiger partial charge in [0.25, 0.3) is 5.91 Å². The summed E-state index contributed by atoms with van der Waals surface area (Å²) in [6, 6.07) is 10.9. The Labute approximate surface area is 155 Å². The summed E-state index contributed by atoms with van der Waals surface area (Å²) in [5, 5.41) is 3.99. The zero-order chi connectivity index (χ0) is 18.6. The summed E-state index contributed by atoms with van der Waals surface area (Å²) in [6.07, 6.45) is 3.37. The highest BCUT2D eigenvalue weighted by molar-refractivity contribution is 5.79. The number of hydrogen-bond acceptors (Lipinski definition) is 7. The number of aromatic nitrogens is 3. The number of benzene rings is 1. The summed E-state index contributed by atoms with van der Waals surface area (Å²) in [5.41, 5.74) is 0.796. The molecule has 0 aliphatic carbocycles. The van der Waals surface area contributed by atoms with Gasteiger partial charge >= 0.3 is 0 Å². The van der Waals surface area contributed by atoms with Gasteiger partial charge in [-0.15, -0.1) is 0 Å². The number of carbonyl (C=O) groups excluding carboxylic acids is 1. The van der Waals surface area contributed by atoms with Gasteiger partial charge in [-0.1, -0.05) is 17.3 Å². The highest BCUT2D eigenvalue weighted by atomic mass is 16.5. The second-order valence-corrected chi connectivity index (χ2v) is 6.13. The van der Waals surface area contributed by atoms with E-state index in [-0.39, 0.29) is 18.4 Å². The van der Waals surface area contributed by atoms with Crippen molar-refractivity contribution >= 4 is 5.91 Å². The quantitative estimate of drug-likeness (QED) is 0.660. The van der Waals surface area contributed by atoms with Crippen molar-refractivity contribution in [2.24, 2.45) is 0 Å². The van der Waals surface area contributed by atoms with Crippen molar-refractivity contribution in [1.29, 1.82) is 0 Å². The number of amides is 1. The highest BCUT2D eigenvalue weighted by Crippen LogP contribution is 2.29. The maximum atomic E-state index is 12.3.